The maximum atomic E-state index is 14.4. The third kappa shape index (κ3) is 8.38. The standard InChI is InChI=1S/C38H32F3NO5/c1-46-32-17-15-28(16-18-32)33-22-30(23-34(36(33)47-25-35(43)44)29-13-8-14-31(21-29)38(39,40)41)37(45)42(24-27-11-6-3-7-12-27)20-19-26-9-4-2-5-10-26/h2-18,21-23H,19-20,24-25H2,1H3,(H,43,44). The molecule has 0 aliphatic rings. The molecule has 6 nitrogen and oxygen atoms in total. The lowest BCUT2D eigenvalue weighted by molar-refractivity contribution is -0.139. The first-order valence-corrected chi connectivity index (χ1v) is 14.8. The molecule has 0 radical (unpaired) electrons. The number of amides is 1. The molecule has 5 aromatic carbocycles. The van der Waals surface area contributed by atoms with E-state index in [2.05, 4.69) is 0 Å². The number of carbonyl (C=O) groups excluding carboxylic acids is 1. The summed E-state index contributed by atoms with van der Waals surface area (Å²) in [7, 11) is 1.51. The summed E-state index contributed by atoms with van der Waals surface area (Å²) in [5, 5.41) is 9.47. The normalized spacial score (nSPS) is 11.1. The number of ether oxygens (including phenoxy) is 2. The van der Waals surface area contributed by atoms with Crippen molar-refractivity contribution < 1.29 is 37.3 Å². The molecule has 240 valence electrons. The van der Waals surface area contributed by atoms with Gasteiger partial charge in [0, 0.05) is 29.8 Å². The van der Waals surface area contributed by atoms with Crippen molar-refractivity contribution in [3.8, 4) is 33.8 Å². The summed E-state index contributed by atoms with van der Waals surface area (Å²) in [4.78, 5) is 27.7. The molecule has 0 heterocycles. The Kier molecular flexibility index (Phi) is 10.3. The molecule has 0 unspecified atom stereocenters. The number of rotatable bonds is 12. The van der Waals surface area contributed by atoms with Crippen molar-refractivity contribution in [3.63, 3.8) is 0 Å². The van der Waals surface area contributed by atoms with Gasteiger partial charge in [0.2, 0.25) is 0 Å². The van der Waals surface area contributed by atoms with E-state index in [4.69, 9.17) is 9.47 Å². The molecule has 0 spiro atoms. The van der Waals surface area contributed by atoms with Gasteiger partial charge in [-0.05, 0) is 65.1 Å². The van der Waals surface area contributed by atoms with Crippen LogP contribution in [-0.2, 0) is 23.9 Å². The number of carboxylic acid groups (broad SMARTS) is 1. The molecule has 0 aliphatic heterocycles. The number of halogens is 3. The van der Waals surface area contributed by atoms with Gasteiger partial charge >= 0.3 is 12.1 Å². The molecule has 1 N–H and O–H groups in total. The average molecular weight is 640 g/mol. The summed E-state index contributed by atoms with van der Waals surface area (Å²) in [5.74, 6) is -1.03. The Bertz CT molecular complexity index is 1820. The summed E-state index contributed by atoms with van der Waals surface area (Å²) < 4.78 is 52.5. The number of nitrogens with zero attached hydrogens (tertiary/aromatic N) is 1. The van der Waals surface area contributed by atoms with Gasteiger partial charge in [0.1, 0.15) is 11.5 Å². The Balaban J connectivity index is 1.68. The highest BCUT2D eigenvalue weighted by atomic mass is 19.4. The van der Waals surface area contributed by atoms with E-state index in [1.807, 2.05) is 60.7 Å². The van der Waals surface area contributed by atoms with E-state index in [1.165, 1.54) is 25.3 Å². The topological polar surface area (TPSA) is 76.1 Å². The summed E-state index contributed by atoms with van der Waals surface area (Å²) in [5.41, 5.74) is 2.41. The zero-order chi connectivity index (χ0) is 33.4. The minimum Gasteiger partial charge on any atom is -0.497 e. The fourth-order valence-corrected chi connectivity index (χ4v) is 5.25. The zero-order valence-electron chi connectivity index (χ0n) is 25.5. The van der Waals surface area contributed by atoms with Crippen molar-refractivity contribution in [2.45, 2.75) is 19.1 Å². The van der Waals surface area contributed by atoms with Crippen LogP contribution in [0.1, 0.15) is 27.0 Å². The number of aliphatic carboxylic acids is 1. The van der Waals surface area contributed by atoms with Crippen LogP contribution < -0.4 is 9.47 Å². The molecule has 0 bridgehead atoms. The third-order valence-corrected chi connectivity index (χ3v) is 7.59. The van der Waals surface area contributed by atoms with Gasteiger partial charge in [-0.15, -0.1) is 0 Å². The number of carbonyl (C=O) groups is 2. The van der Waals surface area contributed by atoms with Gasteiger partial charge in [0.05, 0.1) is 12.7 Å². The number of benzene rings is 5. The predicted molar refractivity (Wildman–Crippen MR) is 173 cm³/mol. The number of hydrogen-bond donors (Lipinski definition) is 1. The van der Waals surface area contributed by atoms with Gasteiger partial charge in [-0.2, -0.15) is 13.2 Å². The van der Waals surface area contributed by atoms with E-state index in [0.717, 1.165) is 23.3 Å². The summed E-state index contributed by atoms with van der Waals surface area (Å²) in [6.07, 6.45) is -4.06. The highest BCUT2D eigenvalue weighted by Gasteiger charge is 2.31. The van der Waals surface area contributed by atoms with Crippen LogP contribution in [0.4, 0.5) is 13.2 Å². The Morgan fingerprint density at radius 1 is 0.745 bits per heavy atom. The number of hydrogen-bond acceptors (Lipinski definition) is 4. The average Bonchev–Trinajstić information content (AvgIpc) is 3.09. The smallest absolute Gasteiger partial charge is 0.416 e. The Hall–Kier alpha value is -5.57. The van der Waals surface area contributed by atoms with Crippen molar-refractivity contribution >= 4 is 11.9 Å². The molecule has 0 saturated carbocycles. The largest absolute Gasteiger partial charge is 0.497 e. The predicted octanol–water partition coefficient (Wildman–Crippen LogP) is 8.40. The second kappa shape index (κ2) is 14.7. The summed E-state index contributed by atoms with van der Waals surface area (Å²) in [6.45, 7) is -0.0914. The fraction of sp³-hybridized carbons (Fsp3) is 0.158. The lowest BCUT2D eigenvalue weighted by atomic mass is 9.93. The van der Waals surface area contributed by atoms with Crippen LogP contribution >= 0.6 is 0 Å². The molecule has 47 heavy (non-hydrogen) atoms. The van der Waals surface area contributed by atoms with Gasteiger partial charge < -0.3 is 19.5 Å². The quantitative estimate of drug-likeness (QED) is 0.148. The van der Waals surface area contributed by atoms with Crippen LogP contribution in [0.3, 0.4) is 0 Å². The van der Waals surface area contributed by atoms with Crippen molar-refractivity contribution in [2.75, 3.05) is 20.3 Å². The fourth-order valence-electron chi connectivity index (χ4n) is 5.25. The van der Waals surface area contributed by atoms with Crippen molar-refractivity contribution in [1.82, 2.24) is 4.90 Å². The first kappa shape index (κ1) is 32.8. The van der Waals surface area contributed by atoms with Crippen LogP contribution in [0.25, 0.3) is 22.3 Å². The molecule has 1 amide bonds. The zero-order valence-corrected chi connectivity index (χ0v) is 25.5. The van der Waals surface area contributed by atoms with Crippen molar-refractivity contribution in [2.24, 2.45) is 0 Å². The number of methoxy groups -OCH3 is 1. The third-order valence-electron chi connectivity index (χ3n) is 7.59. The Labute approximate surface area is 270 Å². The van der Waals surface area contributed by atoms with Crippen molar-refractivity contribution in [1.29, 1.82) is 0 Å². The van der Waals surface area contributed by atoms with E-state index in [9.17, 15) is 27.9 Å². The highest BCUT2D eigenvalue weighted by molar-refractivity contribution is 5.99. The lowest BCUT2D eigenvalue weighted by Crippen LogP contribution is -2.32. The molecule has 0 saturated heterocycles. The molecule has 5 aromatic rings. The van der Waals surface area contributed by atoms with Gasteiger partial charge in [0.15, 0.2) is 6.61 Å². The van der Waals surface area contributed by atoms with Crippen molar-refractivity contribution in [3.05, 3.63) is 144 Å². The Morgan fingerprint density at radius 2 is 1.36 bits per heavy atom. The van der Waals surface area contributed by atoms with Crippen LogP contribution in [0.15, 0.2) is 121 Å². The number of alkyl halides is 3. The summed E-state index contributed by atoms with van der Waals surface area (Å²) in [6, 6.07) is 33.8. The molecule has 0 fully saturated rings. The van der Waals surface area contributed by atoms with Gasteiger partial charge in [-0.3, -0.25) is 4.79 Å². The lowest BCUT2D eigenvalue weighted by Gasteiger charge is -2.25. The second-order valence-electron chi connectivity index (χ2n) is 10.8. The summed E-state index contributed by atoms with van der Waals surface area (Å²) >= 11 is 0. The monoisotopic (exact) mass is 639 g/mol. The minimum absolute atomic E-state index is 0.0346. The first-order valence-electron chi connectivity index (χ1n) is 14.8. The van der Waals surface area contributed by atoms with E-state index >= 15 is 0 Å². The van der Waals surface area contributed by atoms with Crippen LogP contribution in [0.5, 0.6) is 11.5 Å². The van der Waals surface area contributed by atoms with E-state index < -0.39 is 24.3 Å². The van der Waals surface area contributed by atoms with Crippen LogP contribution in [-0.4, -0.2) is 42.1 Å². The molecular weight excluding hydrogens is 607 g/mol. The van der Waals surface area contributed by atoms with Crippen LogP contribution in [0.2, 0.25) is 0 Å². The molecule has 0 aliphatic carbocycles. The molecular formula is C38H32F3NO5. The highest BCUT2D eigenvalue weighted by Crippen LogP contribution is 2.42. The van der Waals surface area contributed by atoms with Gasteiger partial charge in [0.25, 0.3) is 5.91 Å². The van der Waals surface area contributed by atoms with E-state index in [-0.39, 0.29) is 28.3 Å². The molecule has 0 aromatic heterocycles. The maximum Gasteiger partial charge on any atom is 0.416 e. The SMILES string of the molecule is COc1ccc(-c2cc(C(=O)N(CCc3ccccc3)Cc3ccccc3)cc(-c3cccc(C(F)(F)F)c3)c2OCC(=O)O)cc1. The number of carboxylic acids is 1. The maximum absolute atomic E-state index is 14.4. The van der Waals surface area contributed by atoms with Crippen LogP contribution in [0, 0.1) is 0 Å². The molecule has 0 atom stereocenters. The van der Waals surface area contributed by atoms with Gasteiger partial charge in [-0.1, -0.05) is 84.9 Å². The first-order chi connectivity index (χ1) is 22.6. The minimum atomic E-state index is -4.63. The van der Waals surface area contributed by atoms with E-state index in [1.54, 1.807) is 35.2 Å². The Morgan fingerprint density at radius 3 is 1.96 bits per heavy atom. The van der Waals surface area contributed by atoms with E-state index in [0.29, 0.717) is 36.4 Å². The van der Waals surface area contributed by atoms with Gasteiger partial charge in [-0.25, -0.2) is 4.79 Å². The molecule has 5 rings (SSSR count). The second-order valence-corrected chi connectivity index (χ2v) is 10.8. The molecule has 9 heteroatoms.